The monoisotopic (exact) mass is 255 g/mol. The van der Waals surface area contributed by atoms with Crippen molar-refractivity contribution in [2.24, 2.45) is 5.92 Å². The second-order valence-corrected chi connectivity index (χ2v) is 6.03. The SMILES string of the molecule is Cc1ccc(S(=O)(=O)NCC(=O)C(C)C)cc1. The normalized spacial score (nSPS) is 11.8. The van der Waals surface area contributed by atoms with Gasteiger partial charge in [-0.05, 0) is 19.1 Å². The first-order valence-corrected chi connectivity index (χ1v) is 6.90. The Morgan fingerprint density at radius 1 is 1.24 bits per heavy atom. The average molecular weight is 255 g/mol. The van der Waals surface area contributed by atoms with Gasteiger partial charge in [0, 0.05) is 5.92 Å². The Bertz CT molecular complexity index is 489. The summed E-state index contributed by atoms with van der Waals surface area (Å²) in [7, 11) is -3.58. The van der Waals surface area contributed by atoms with E-state index in [1.54, 1.807) is 26.0 Å². The number of benzene rings is 1. The van der Waals surface area contributed by atoms with E-state index in [1.165, 1.54) is 12.1 Å². The minimum absolute atomic E-state index is 0.124. The van der Waals surface area contributed by atoms with Gasteiger partial charge in [0.2, 0.25) is 10.0 Å². The summed E-state index contributed by atoms with van der Waals surface area (Å²) in [6.45, 7) is 5.20. The summed E-state index contributed by atoms with van der Waals surface area (Å²) in [6.07, 6.45) is 0. The van der Waals surface area contributed by atoms with E-state index in [2.05, 4.69) is 4.72 Å². The predicted octanol–water partition coefficient (Wildman–Crippen LogP) is 1.50. The molecule has 0 heterocycles. The van der Waals surface area contributed by atoms with E-state index in [0.717, 1.165) is 5.56 Å². The van der Waals surface area contributed by atoms with Gasteiger partial charge in [0.1, 0.15) is 5.78 Å². The Hall–Kier alpha value is -1.20. The minimum Gasteiger partial charge on any atom is -0.298 e. The molecule has 0 atom stereocenters. The number of sulfonamides is 1. The Morgan fingerprint density at radius 2 is 1.76 bits per heavy atom. The lowest BCUT2D eigenvalue weighted by molar-refractivity contribution is -0.120. The second-order valence-electron chi connectivity index (χ2n) is 4.26. The summed E-state index contributed by atoms with van der Waals surface area (Å²) in [5, 5.41) is 0. The standard InChI is InChI=1S/C12H17NO3S/c1-9(2)12(14)8-13-17(15,16)11-6-4-10(3)5-7-11/h4-7,9,13H,8H2,1-3H3. The summed E-state index contributed by atoms with van der Waals surface area (Å²) in [6, 6.07) is 6.49. The van der Waals surface area contributed by atoms with E-state index in [-0.39, 0.29) is 23.1 Å². The molecule has 0 aromatic heterocycles. The van der Waals surface area contributed by atoms with Crippen molar-refractivity contribution < 1.29 is 13.2 Å². The molecule has 0 saturated heterocycles. The molecule has 0 aliphatic rings. The van der Waals surface area contributed by atoms with Crippen LogP contribution in [-0.4, -0.2) is 20.7 Å². The van der Waals surface area contributed by atoms with Crippen LogP contribution in [0.5, 0.6) is 0 Å². The molecule has 1 N–H and O–H groups in total. The highest BCUT2D eigenvalue weighted by Crippen LogP contribution is 2.09. The number of Topliss-reactive ketones (excluding diaryl/α,β-unsaturated/α-hetero) is 1. The number of hydrogen-bond donors (Lipinski definition) is 1. The van der Waals surface area contributed by atoms with Gasteiger partial charge < -0.3 is 0 Å². The van der Waals surface area contributed by atoms with Crippen LogP contribution in [0.3, 0.4) is 0 Å². The molecule has 0 fully saturated rings. The molecule has 4 nitrogen and oxygen atoms in total. The van der Waals surface area contributed by atoms with E-state index in [1.807, 2.05) is 6.92 Å². The molecular weight excluding hydrogens is 238 g/mol. The van der Waals surface area contributed by atoms with E-state index < -0.39 is 10.0 Å². The number of aryl methyl sites for hydroxylation is 1. The molecule has 0 radical (unpaired) electrons. The number of nitrogens with one attached hydrogen (secondary N) is 1. The Morgan fingerprint density at radius 3 is 2.24 bits per heavy atom. The summed E-state index contributed by atoms with van der Waals surface area (Å²) < 4.78 is 25.9. The fourth-order valence-electron chi connectivity index (χ4n) is 1.17. The van der Waals surface area contributed by atoms with Crippen LogP contribution >= 0.6 is 0 Å². The van der Waals surface area contributed by atoms with Crippen LogP contribution in [0.2, 0.25) is 0 Å². The van der Waals surface area contributed by atoms with Crippen LogP contribution in [0.15, 0.2) is 29.2 Å². The van der Waals surface area contributed by atoms with Gasteiger partial charge in [-0.25, -0.2) is 13.1 Å². The Kier molecular flexibility index (Phi) is 4.42. The fraction of sp³-hybridized carbons (Fsp3) is 0.417. The maximum absolute atomic E-state index is 11.8. The lowest BCUT2D eigenvalue weighted by atomic mass is 10.1. The molecule has 0 aliphatic heterocycles. The fourth-order valence-corrected chi connectivity index (χ4v) is 2.16. The van der Waals surface area contributed by atoms with Gasteiger partial charge in [-0.1, -0.05) is 31.5 Å². The summed E-state index contributed by atoms with van der Waals surface area (Å²) in [5.41, 5.74) is 0.988. The maximum atomic E-state index is 11.8. The molecule has 1 aromatic rings. The van der Waals surface area contributed by atoms with Crippen molar-refractivity contribution in [3.63, 3.8) is 0 Å². The number of carbonyl (C=O) groups excluding carboxylic acids is 1. The van der Waals surface area contributed by atoms with Gasteiger partial charge in [0.15, 0.2) is 0 Å². The van der Waals surface area contributed by atoms with Crippen molar-refractivity contribution >= 4 is 15.8 Å². The van der Waals surface area contributed by atoms with Crippen molar-refractivity contribution in [3.8, 4) is 0 Å². The van der Waals surface area contributed by atoms with Crippen LogP contribution in [0.25, 0.3) is 0 Å². The van der Waals surface area contributed by atoms with E-state index in [9.17, 15) is 13.2 Å². The van der Waals surface area contributed by atoms with E-state index in [0.29, 0.717) is 0 Å². The zero-order valence-electron chi connectivity index (χ0n) is 10.2. The van der Waals surface area contributed by atoms with Gasteiger partial charge >= 0.3 is 0 Å². The summed E-state index contributed by atoms with van der Waals surface area (Å²) in [5.74, 6) is -0.295. The van der Waals surface area contributed by atoms with Crippen molar-refractivity contribution in [3.05, 3.63) is 29.8 Å². The molecule has 5 heteroatoms. The molecule has 1 aromatic carbocycles. The molecule has 0 amide bonds. The molecule has 1 rings (SSSR count). The van der Waals surface area contributed by atoms with Crippen LogP contribution in [-0.2, 0) is 14.8 Å². The third-order valence-corrected chi connectivity index (χ3v) is 3.83. The first-order chi connectivity index (χ1) is 7.83. The third kappa shape index (κ3) is 3.94. The lowest BCUT2D eigenvalue weighted by Gasteiger charge is -2.07. The minimum atomic E-state index is -3.58. The Labute approximate surface area is 102 Å². The van der Waals surface area contributed by atoms with Crippen molar-refractivity contribution in [2.45, 2.75) is 25.7 Å². The number of hydrogen-bond acceptors (Lipinski definition) is 3. The van der Waals surface area contributed by atoms with Crippen molar-refractivity contribution in [1.82, 2.24) is 4.72 Å². The lowest BCUT2D eigenvalue weighted by Crippen LogP contribution is -2.31. The maximum Gasteiger partial charge on any atom is 0.240 e. The first kappa shape index (κ1) is 13.9. The van der Waals surface area contributed by atoms with Gasteiger partial charge in [0.05, 0.1) is 11.4 Å². The van der Waals surface area contributed by atoms with Gasteiger partial charge in [-0.15, -0.1) is 0 Å². The van der Waals surface area contributed by atoms with Crippen LogP contribution in [0.4, 0.5) is 0 Å². The quantitative estimate of drug-likeness (QED) is 0.867. The largest absolute Gasteiger partial charge is 0.298 e. The number of carbonyl (C=O) groups is 1. The first-order valence-electron chi connectivity index (χ1n) is 5.42. The van der Waals surface area contributed by atoms with E-state index in [4.69, 9.17) is 0 Å². The van der Waals surface area contributed by atoms with Crippen LogP contribution in [0, 0.1) is 12.8 Å². The molecule has 0 bridgehead atoms. The predicted molar refractivity (Wildman–Crippen MR) is 66.2 cm³/mol. The van der Waals surface area contributed by atoms with Gasteiger partial charge in [0.25, 0.3) is 0 Å². The number of ketones is 1. The topological polar surface area (TPSA) is 63.2 Å². The van der Waals surface area contributed by atoms with Gasteiger partial charge in [-0.3, -0.25) is 4.79 Å². The van der Waals surface area contributed by atoms with Crippen LogP contribution in [0.1, 0.15) is 19.4 Å². The summed E-state index contributed by atoms with van der Waals surface area (Å²) in [4.78, 5) is 11.5. The second kappa shape index (κ2) is 5.42. The Balaban J connectivity index is 2.76. The molecular formula is C12H17NO3S. The van der Waals surface area contributed by atoms with Gasteiger partial charge in [-0.2, -0.15) is 0 Å². The highest BCUT2D eigenvalue weighted by molar-refractivity contribution is 7.89. The number of rotatable bonds is 5. The zero-order valence-corrected chi connectivity index (χ0v) is 11.0. The molecule has 0 unspecified atom stereocenters. The molecule has 0 aliphatic carbocycles. The van der Waals surface area contributed by atoms with E-state index >= 15 is 0 Å². The van der Waals surface area contributed by atoms with Crippen molar-refractivity contribution in [2.75, 3.05) is 6.54 Å². The smallest absolute Gasteiger partial charge is 0.240 e. The highest BCUT2D eigenvalue weighted by Gasteiger charge is 2.16. The highest BCUT2D eigenvalue weighted by atomic mass is 32.2. The average Bonchev–Trinajstić information content (AvgIpc) is 2.26. The molecule has 17 heavy (non-hydrogen) atoms. The molecule has 0 saturated carbocycles. The van der Waals surface area contributed by atoms with Crippen LogP contribution < -0.4 is 4.72 Å². The molecule has 0 spiro atoms. The third-order valence-electron chi connectivity index (χ3n) is 2.41. The molecule has 94 valence electrons. The van der Waals surface area contributed by atoms with Crippen molar-refractivity contribution in [1.29, 1.82) is 0 Å². The zero-order chi connectivity index (χ0) is 13.1. The summed E-state index contributed by atoms with van der Waals surface area (Å²) >= 11 is 0.